The van der Waals surface area contributed by atoms with Gasteiger partial charge in [-0.05, 0) is 31.0 Å². The van der Waals surface area contributed by atoms with Gasteiger partial charge in [-0.2, -0.15) is 0 Å². The fourth-order valence-corrected chi connectivity index (χ4v) is 4.40. The number of thioether (sulfide) groups is 1. The molecule has 0 saturated heterocycles. The van der Waals surface area contributed by atoms with Gasteiger partial charge in [0.25, 0.3) is 5.91 Å². The highest BCUT2D eigenvalue weighted by atomic mass is 32.2. The Bertz CT molecular complexity index is 1100. The first kappa shape index (κ1) is 21.9. The summed E-state index contributed by atoms with van der Waals surface area (Å²) in [5, 5.41) is 12.1. The van der Waals surface area contributed by atoms with Gasteiger partial charge in [0, 0.05) is 13.6 Å². The predicted octanol–water partition coefficient (Wildman–Crippen LogP) is 2.75. The van der Waals surface area contributed by atoms with Crippen LogP contribution in [0.4, 0.5) is 5.69 Å². The largest absolute Gasteiger partial charge is 0.482 e. The second-order valence-corrected chi connectivity index (χ2v) is 8.41. The standard InChI is InChI=1S/C23H25N5O3S/c1-16(28-18-10-6-7-11-19(18)31-14-21(28)30)22-25-26-23(27(22)2)32-15-20(29)24-13-12-17-8-4-3-5-9-17/h3-11,16H,12-15H2,1-2H3,(H,24,29)/t16-/m1/s1. The zero-order chi connectivity index (χ0) is 22.5. The number of carbonyl (C=O) groups excluding carboxylic acids is 2. The zero-order valence-corrected chi connectivity index (χ0v) is 18.8. The van der Waals surface area contributed by atoms with E-state index in [0.29, 0.717) is 29.0 Å². The third-order valence-electron chi connectivity index (χ3n) is 5.29. The molecule has 4 rings (SSSR count). The van der Waals surface area contributed by atoms with E-state index in [4.69, 9.17) is 4.74 Å². The number of carbonyl (C=O) groups is 2. The lowest BCUT2D eigenvalue weighted by atomic mass is 10.1. The smallest absolute Gasteiger partial charge is 0.265 e. The van der Waals surface area contributed by atoms with Crippen LogP contribution in [0.1, 0.15) is 24.4 Å². The molecule has 8 nitrogen and oxygen atoms in total. The van der Waals surface area contributed by atoms with E-state index in [9.17, 15) is 9.59 Å². The summed E-state index contributed by atoms with van der Waals surface area (Å²) in [7, 11) is 1.85. The van der Waals surface area contributed by atoms with Gasteiger partial charge >= 0.3 is 0 Å². The van der Waals surface area contributed by atoms with Gasteiger partial charge in [0.2, 0.25) is 5.91 Å². The molecule has 1 aliphatic rings. The minimum Gasteiger partial charge on any atom is -0.482 e. The van der Waals surface area contributed by atoms with E-state index in [1.54, 1.807) is 4.90 Å². The average Bonchev–Trinajstić information content (AvgIpc) is 3.18. The summed E-state index contributed by atoms with van der Waals surface area (Å²) in [6, 6.07) is 17.1. The Kier molecular flexibility index (Phi) is 6.75. The number of benzene rings is 2. The Labute approximate surface area is 191 Å². The third-order valence-corrected chi connectivity index (χ3v) is 6.31. The molecular formula is C23H25N5O3S. The maximum absolute atomic E-state index is 12.6. The Balaban J connectivity index is 1.36. The summed E-state index contributed by atoms with van der Waals surface area (Å²) in [6.45, 7) is 2.49. The molecule has 1 atom stereocenters. The highest BCUT2D eigenvalue weighted by molar-refractivity contribution is 7.99. The molecule has 32 heavy (non-hydrogen) atoms. The van der Waals surface area contributed by atoms with Crippen LogP contribution in [-0.2, 0) is 23.1 Å². The molecule has 2 amide bonds. The van der Waals surface area contributed by atoms with Crippen molar-refractivity contribution in [3.63, 3.8) is 0 Å². The Morgan fingerprint density at radius 3 is 2.72 bits per heavy atom. The van der Waals surface area contributed by atoms with Crippen LogP contribution in [0.25, 0.3) is 0 Å². The number of hydrogen-bond acceptors (Lipinski definition) is 6. The van der Waals surface area contributed by atoms with Crippen molar-refractivity contribution in [2.75, 3.05) is 23.8 Å². The van der Waals surface area contributed by atoms with Crippen molar-refractivity contribution in [2.24, 2.45) is 7.05 Å². The molecule has 1 aromatic heterocycles. The molecular weight excluding hydrogens is 426 g/mol. The van der Waals surface area contributed by atoms with Crippen LogP contribution in [0.15, 0.2) is 59.8 Å². The van der Waals surface area contributed by atoms with Gasteiger partial charge in [-0.1, -0.05) is 54.2 Å². The highest BCUT2D eigenvalue weighted by Crippen LogP contribution is 2.37. The number of rotatable bonds is 8. The molecule has 0 aliphatic carbocycles. The molecule has 1 N–H and O–H groups in total. The molecule has 166 valence electrons. The van der Waals surface area contributed by atoms with Crippen molar-refractivity contribution in [1.82, 2.24) is 20.1 Å². The van der Waals surface area contributed by atoms with Crippen molar-refractivity contribution in [3.05, 3.63) is 66.0 Å². The number of anilines is 1. The number of amides is 2. The number of hydrogen-bond donors (Lipinski definition) is 1. The van der Waals surface area contributed by atoms with Crippen LogP contribution in [0.5, 0.6) is 5.75 Å². The molecule has 1 aliphatic heterocycles. The minimum absolute atomic E-state index is 0.00996. The fraction of sp³-hybridized carbons (Fsp3) is 0.304. The number of aromatic nitrogens is 3. The third kappa shape index (κ3) is 4.77. The SMILES string of the molecule is C[C@H](c1nnc(SCC(=O)NCCc2ccccc2)n1C)N1C(=O)COc2ccccc21. The van der Waals surface area contributed by atoms with Crippen molar-refractivity contribution >= 4 is 29.3 Å². The first-order valence-corrected chi connectivity index (χ1v) is 11.4. The van der Waals surface area contributed by atoms with E-state index < -0.39 is 0 Å². The van der Waals surface area contributed by atoms with Crippen LogP contribution < -0.4 is 15.0 Å². The van der Waals surface area contributed by atoms with Crippen LogP contribution in [-0.4, -0.2) is 45.5 Å². The van der Waals surface area contributed by atoms with Gasteiger partial charge < -0.3 is 14.6 Å². The lowest BCUT2D eigenvalue weighted by Gasteiger charge is -2.33. The summed E-state index contributed by atoms with van der Waals surface area (Å²) in [4.78, 5) is 26.5. The first-order chi connectivity index (χ1) is 15.5. The normalized spacial score (nSPS) is 13.9. The molecule has 0 spiro atoms. The average molecular weight is 452 g/mol. The van der Waals surface area contributed by atoms with Crippen molar-refractivity contribution in [2.45, 2.75) is 24.5 Å². The molecule has 9 heteroatoms. The van der Waals surface area contributed by atoms with Gasteiger partial charge in [0.1, 0.15) is 5.75 Å². The van der Waals surface area contributed by atoms with Crippen LogP contribution in [0.2, 0.25) is 0 Å². The van der Waals surface area contributed by atoms with Gasteiger partial charge in [0.05, 0.1) is 17.5 Å². The topological polar surface area (TPSA) is 89.4 Å². The van der Waals surface area contributed by atoms with Crippen molar-refractivity contribution in [3.8, 4) is 5.75 Å². The fourth-order valence-electron chi connectivity index (χ4n) is 3.65. The van der Waals surface area contributed by atoms with E-state index in [0.717, 1.165) is 6.42 Å². The van der Waals surface area contributed by atoms with E-state index in [1.807, 2.05) is 73.1 Å². The Morgan fingerprint density at radius 1 is 1.16 bits per heavy atom. The molecule has 0 radical (unpaired) electrons. The summed E-state index contributed by atoms with van der Waals surface area (Å²) in [5.74, 6) is 1.37. The van der Waals surface area contributed by atoms with Crippen molar-refractivity contribution < 1.29 is 14.3 Å². The monoisotopic (exact) mass is 451 g/mol. The molecule has 0 unspecified atom stereocenters. The number of nitrogens with zero attached hydrogens (tertiary/aromatic N) is 4. The van der Waals surface area contributed by atoms with E-state index in [1.165, 1.54) is 17.3 Å². The number of fused-ring (bicyclic) bond motifs is 1. The number of para-hydroxylation sites is 2. The predicted molar refractivity (Wildman–Crippen MR) is 123 cm³/mol. The Hall–Kier alpha value is -3.33. The number of ether oxygens (including phenoxy) is 1. The maximum Gasteiger partial charge on any atom is 0.265 e. The van der Waals surface area contributed by atoms with E-state index >= 15 is 0 Å². The van der Waals surface area contributed by atoms with Crippen LogP contribution >= 0.6 is 11.8 Å². The molecule has 2 heterocycles. The molecule has 0 bridgehead atoms. The minimum atomic E-state index is -0.334. The summed E-state index contributed by atoms with van der Waals surface area (Å²) >= 11 is 1.32. The summed E-state index contributed by atoms with van der Waals surface area (Å²) < 4.78 is 7.36. The lowest BCUT2D eigenvalue weighted by Crippen LogP contribution is -2.41. The van der Waals surface area contributed by atoms with Gasteiger partial charge in [0.15, 0.2) is 17.6 Å². The number of nitrogens with one attached hydrogen (secondary N) is 1. The maximum atomic E-state index is 12.6. The van der Waals surface area contributed by atoms with Crippen molar-refractivity contribution in [1.29, 1.82) is 0 Å². The quantitative estimate of drug-likeness (QED) is 0.530. The van der Waals surface area contributed by atoms with Gasteiger partial charge in [-0.25, -0.2) is 0 Å². The van der Waals surface area contributed by atoms with Crippen LogP contribution in [0.3, 0.4) is 0 Å². The summed E-state index contributed by atoms with van der Waals surface area (Å²) in [5.41, 5.74) is 1.90. The molecule has 0 fully saturated rings. The van der Waals surface area contributed by atoms with Gasteiger partial charge in [-0.3, -0.25) is 14.5 Å². The second kappa shape index (κ2) is 9.86. The Morgan fingerprint density at radius 2 is 1.91 bits per heavy atom. The first-order valence-electron chi connectivity index (χ1n) is 10.4. The molecule has 3 aromatic rings. The summed E-state index contributed by atoms with van der Waals surface area (Å²) in [6.07, 6.45) is 0.790. The lowest BCUT2D eigenvalue weighted by molar-refractivity contribution is -0.122. The van der Waals surface area contributed by atoms with Gasteiger partial charge in [-0.15, -0.1) is 10.2 Å². The molecule has 2 aromatic carbocycles. The highest BCUT2D eigenvalue weighted by Gasteiger charge is 2.32. The second-order valence-electron chi connectivity index (χ2n) is 7.47. The zero-order valence-electron chi connectivity index (χ0n) is 18.0. The molecule has 0 saturated carbocycles. The van der Waals surface area contributed by atoms with Crippen LogP contribution in [0, 0.1) is 0 Å². The van der Waals surface area contributed by atoms with E-state index in [-0.39, 0.29) is 30.2 Å². The van der Waals surface area contributed by atoms with E-state index in [2.05, 4.69) is 15.5 Å².